The minimum Gasteiger partial charge on any atom is -0.316 e. The molecule has 0 bridgehead atoms. The van der Waals surface area contributed by atoms with E-state index in [1.165, 1.54) is 30.6 Å². The molecule has 0 amide bonds. The maximum Gasteiger partial charge on any atom is 0.0573 e. The summed E-state index contributed by atoms with van der Waals surface area (Å²) in [6, 6.07) is 4.80. The highest BCUT2D eigenvalue weighted by Crippen LogP contribution is 2.14. The zero-order valence-corrected chi connectivity index (χ0v) is 11.5. The van der Waals surface area contributed by atoms with Crippen LogP contribution in [0.5, 0.6) is 0 Å². The summed E-state index contributed by atoms with van der Waals surface area (Å²) in [4.78, 5) is 6.96. The molecule has 2 heterocycles. The van der Waals surface area contributed by atoms with E-state index in [1.807, 2.05) is 12.3 Å². The van der Waals surface area contributed by atoms with Crippen LogP contribution in [0.3, 0.4) is 0 Å². The van der Waals surface area contributed by atoms with E-state index in [4.69, 9.17) is 0 Å². The number of hydrogen-bond donors (Lipinski definition) is 1. The number of likely N-dealkylation sites (N-methyl/N-ethyl adjacent to an activating group) is 1. The molecule has 17 heavy (non-hydrogen) atoms. The molecule has 1 aliphatic heterocycles. The summed E-state index contributed by atoms with van der Waals surface area (Å²) in [5.74, 6) is 0. The van der Waals surface area contributed by atoms with Gasteiger partial charge in [-0.1, -0.05) is 6.07 Å². The number of halogens is 1. The molecule has 3 nitrogen and oxygen atoms in total. The zero-order chi connectivity index (χ0) is 11.4. The molecule has 0 spiro atoms. The lowest BCUT2D eigenvalue weighted by Gasteiger charge is -2.32. The smallest absolute Gasteiger partial charge is 0.0573 e. The molecule has 2 rings (SSSR count). The van der Waals surface area contributed by atoms with Gasteiger partial charge in [0.15, 0.2) is 0 Å². The highest BCUT2D eigenvalue weighted by Gasteiger charge is 2.18. The fourth-order valence-corrected chi connectivity index (χ4v) is 2.33. The molecule has 96 valence electrons. The Kier molecular flexibility index (Phi) is 5.89. The van der Waals surface area contributed by atoms with Crippen molar-refractivity contribution in [2.75, 3.05) is 20.1 Å². The van der Waals surface area contributed by atoms with Gasteiger partial charge >= 0.3 is 0 Å². The number of nitrogens with zero attached hydrogens (tertiary/aromatic N) is 2. The topological polar surface area (TPSA) is 28.2 Å². The Bertz CT molecular complexity index is 343. The van der Waals surface area contributed by atoms with Gasteiger partial charge in [-0.2, -0.15) is 0 Å². The van der Waals surface area contributed by atoms with Gasteiger partial charge in [-0.3, -0.25) is 9.88 Å². The summed E-state index contributed by atoms with van der Waals surface area (Å²) in [5.41, 5.74) is 2.52. The van der Waals surface area contributed by atoms with Crippen LogP contribution >= 0.6 is 12.4 Å². The third-order valence-corrected chi connectivity index (χ3v) is 3.40. The average molecular weight is 256 g/mol. The molecule has 4 heteroatoms. The van der Waals surface area contributed by atoms with Crippen molar-refractivity contribution < 1.29 is 0 Å². The molecule has 1 aromatic heterocycles. The van der Waals surface area contributed by atoms with Crippen LogP contribution in [0.4, 0.5) is 0 Å². The molecular formula is C13H22ClN3. The second-order valence-corrected chi connectivity index (χ2v) is 4.63. The van der Waals surface area contributed by atoms with Crippen molar-refractivity contribution in [1.82, 2.24) is 15.2 Å². The fourth-order valence-electron chi connectivity index (χ4n) is 2.33. The van der Waals surface area contributed by atoms with Crippen molar-refractivity contribution in [3.05, 3.63) is 29.6 Å². The standard InChI is InChI=1S/C13H21N3.ClH/c1-11-5-3-7-15-13(11)10-16-8-4-6-12(9-16)14-2;/h3,5,7,12,14H,4,6,8-10H2,1-2H3;1H. The maximum atomic E-state index is 4.46. The van der Waals surface area contributed by atoms with Crippen LogP contribution in [-0.2, 0) is 6.54 Å². The lowest BCUT2D eigenvalue weighted by Crippen LogP contribution is -2.44. The van der Waals surface area contributed by atoms with Crippen LogP contribution < -0.4 is 5.32 Å². The van der Waals surface area contributed by atoms with Gasteiger partial charge in [0, 0.05) is 25.3 Å². The monoisotopic (exact) mass is 255 g/mol. The summed E-state index contributed by atoms with van der Waals surface area (Å²) in [5, 5.41) is 3.37. The van der Waals surface area contributed by atoms with Crippen LogP contribution in [0.15, 0.2) is 18.3 Å². The van der Waals surface area contributed by atoms with Gasteiger partial charge in [-0.05, 0) is 45.0 Å². The molecule has 0 aromatic carbocycles. The highest BCUT2D eigenvalue weighted by atomic mass is 35.5. The van der Waals surface area contributed by atoms with E-state index in [0.29, 0.717) is 6.04 Å². The number of aromatic nitrogens is 1. The van der Waals surface area contributed by atoms with Gasteiger partial charge in [0.05, 0.1) is 5.69 Å². The summed E-state index contributed by atoms with van der Waals surface area (Å²) >= 11 is 0. The van der Waals surface area contributed by atoms with E-state index in [0.717, 1.165) is 13.1 Å². The van der Waals surface area contributed by atoms with Crippen molar-refractivity contribution >= 4 is 12.4 Å². The predicted octanol–water partition coefficient (Wildman–Crippen LogP) is 2.00. The summed E-state index contributed by atoms with van der Waals surface area (Å²) in [6.07, 6.45) is 4.48. The summed E-state index contributed by atoms with van der Waals surface area (Å²) in [7, 11) is 2.06. The Morgan fingerprint density at radius 3 is 3.06 bits per heavy atom. The zero-order valence-electron chi connectivity index (χ0n) is 10.6. The number of hydrogen-bond acceptors (Lipinski definition) is 3. The first kappa shape index (κ1) is 14.4. The SMILES string of the molecule is CNC1CCCN(Cc2ncccc2C)C1.Cl. The quantitative estimate of drug-likeness (QED) is 0.896. The Balaban J connectivity index is 0.00000144. The number of piperidine rings is 1. The van der Waals surface area contributed by atoms with E-state index in [-0.39, 0.29) is 12.4 Å². The van der Waals surface area contributed by atoms with E-state index >= 15 is 0 Å². The van der Waals surface area contributed by atoms with Crippen molar-refractivity contribution in [2.45, 2.75) is 32.4 Å². The van der Waals surface area contributed by atoms with Gasteiger partial charge in [0.25, 0.3) is 0 Å². The van der Waals surface area contributed by atoms with Crippen molar-refractivity contribution in [3.63, 3.8) is 0 Å². The Morgan fingerprint density at radius 2 is 2.35 bits per heavy atom. The molecule has 1 N–H and O–H groups in total. The minimum atomic E-state index is 0. The normalized spacial score (nSPS) is 20.9. The van der Waals surface area contributed by atoms with Crippen molar-refractivity contribution in [2.24, 2.45) is 0 Å². The van der Waals surface area contributed by atoms with Crippen LogP contribution in [0.25, 0.3) is 0 Å². The fraction of sp³-hybridized carbons (Fsp3) is 0.615. The van der Waals surface area contributed by atoms with Crippen molar-refractivity contribution in [1.29, 1.82) is 0 Å². The Labute approximate surface area is 110 Å². The Hall–Kier alpha value is -0.640. The van der Waals surface area contributed by atoms with Crippen molar-refractivity contribution in [3.8, 4) is 0 Å². The molecule has 1 saturated heterocycles. The first-order chi connectivity index (χ1) is 7.79. The molecule has 0 saturated carbocycles. The first-order valence-corrected chi connectivity index (χ1v) is 6.09. The second kappa shape index (κ2) is 6.94. The molecule has 0 radical (unpaired) electrons. The summed E-state index contributed by atoms with van der Waals surface area (Å²) < 4.78 is 0. The third-order valence-electron chi connectivity index (χ3n) is 3.40. The molecule has 1 fully saturated rings. The first-order valence-electron chi connectivity index (χ1n) is 6.09. The molecule has 1 unspecified atom stereocenters. The largest absolute Gasteiger partial charge is 0.316 e. The number of nitrogens with one attached hydrogen (secondary N) is 1. The number of likely N-dealkylation sites (tertiary alicyclic amines) is 1. The maximum absolute atomic E-state index is 4.46. The summed E-state index contributed by atoms with van der Waals surface area (Å²) in [6.45, 7) is 5.48. The van der Waals surface area contributed by atoms with E-state index < -0.39 is 0 Å². The molecular weight excluding hydrogens is 234 g/mol. The highest BCUT2D eigenvalue weighted by molar-refractivity contribution is 5.85. The second-order valence-electron chi connectivity index (χ2n) is 4.63. The lowest BCUT2D eigenvalue weighted by molar-refractivity contribution is 0.186. The van der Waals surface area contributed by atoms with Gasteiger partial charge < -0.3 is 5.32 Å². The van der Waals surface area contributed by atoms with E-state index in [2.05, 4.69) is 35.2 Å². The lowest BCUT2D eigenvalue weighted by atomic mass is 10.1. The molecule has 1 atom stereocenters. The van der Waals surface area contributed by atoms with Gasteiger partial charge in [-0.25, -0.2) is 0 Å². The average Bonchev–Trinajstić information content (AvgIpc) is 2.32. The number of pyridine rings is 1. The van der Waals surface area contributed by atoms with Gasteiger partial charge in [0.2, 0.25) is 0 Å². The predicted molar refractivity (Wildman–Crippen MR) is 73.6 cm³/mol. The molecule has 1 aliphatic rings. The number of rotatable bonds is 3. The van der Waals surface area contributed by atoms with E-state index in [9.17, 15) is 0 Å². The molecule has 0 aliphatic carbocycles. The van der Waals surface area contributed by atoms with Gasteiger partial charge in [-0.15, -0.1) is 12.4 Å². The van der Waals surface area contributed by atoms with Gasteiger partial charge in [0.1, 0.15) is 0 Å². The number of aryl methyl sites for hydroxylation is 1. The van der Waals surface area contributed by atoms with Crippen LogP contribution in [0.1, 0.15) is 24.1 Å². The van der Waals surface area contributed by atoms with Crippen LogP contribution in [0, 0.1) is 6.92 Å². The van der Waals surface area contributed by atoms with E-state index in [1.54, 1.807) is 0 Å². The third kappa shape index (κ3) is 3.95. The Morgan fingerprint density at radius 1 is 1.53 bits per heavy atom. The van der Waals surface area contributed by atoms with Crippen LogP contribution in [0.2, 0.25) is 0 Å². The van der Waals surface area contributed by atoms with Crippen LogP contribution in [-0.4, -0.2) is 36.1 Å². The molecule has 1 aromatic rings. The minimum absolute atomic E-state index is 0.